The average molecular weight is 422 g/mol. The van der Waals surface area contributed by atoms with Crippen LogP contribution in [0, 0.1) is 0 Å². The zero-order valence-electron chi connectivity index (χ0n) is 15.8. The Hall–Kier alpha value is -2.08. The van der Waals surface area contributed by atoms with E-state index in [1.54, 1.807) is 28.9 Å². The van der Waals surface area contributed by atoms with E-state index in [4.69, 9.17) is 17.3 Å². The van der Waals surface area contributed by atoms with Gasteiger partial charge in [-0.25, -0.2) is 0 Å². The average Bonchev–Trinajstić information content (AvgIpc) is 2.70. The van der Waals surface area contributed by atoms with Crippen LogP contribution >= 0.6 is 24.0 Å². The molecule has 0 aliphatic carbocycles. The van der Waals surface area contributed by atoms with E-state index in [0.717, 1.165) is 11.1 Å². The second-order valence-corrected chi connectivity index (χ2v) is 7.48. The fourth-order valence-electron chi connectivity index (χ4n) is 3.28. The number of nitrogens with zero attached hydrogens (tertiary/aromatic N) is 2. The van der Waals surface area contributed by atoms with E-state index in [9.17, 15) is 9.59 Å². The number of rotatable bonds is 4. The summed E-state index contributed by atoms with van der Waals surface area (Å²) >= 11 is 5.88. The van der Waals surface area contributed by atoms with Crippen LogP contribution in [0.25, 0.3) is 0 Å². The summed E-state index contributed by atoms with van der Waals surface area (Å²) in [5.41, 5.74) is 6.99. The van der Waals surface area contributed by atoms with Gasteiger partial charge in [0.15, 0.2) is 0 Å². The molecule has 3 rings (SSSR count). The number of halogens is 2. The van der Waals surface area contributed by atoms with Crippen molar-refractivity contribution in [3.8, 4) is 0 Å². The smallest absolute Gasteiger partial charge is 0.247 e. The molecule has 2 N–H and O–H groups in total. The molecule has 1 aliphatic rings. The van der Waals surface area contributed by atoms with Gasteiger partial charge in [-0.2, -0.15) is 0 Å². The molecule has 1 atom stereocenters. The molecule has 1 aliphatic heterocycles. The quantitative estimate of drug-likeness (QED) is 0.824. The largest absolute Gasteiger partial charge is 0.339 e. The van der Waals surface area contributed by atoms with Crippen LogP contribution in [0.1, 0.15) is 18.1 Å². The van der Waals surface area contributed by atoms with Crippen LogP contribution in [0.2, 0.25) is 5.02 Å². The van der Waals surface area contributed by atoms with Gasteiger partial charge < -0.3 is 15.5 Å². The lowest BCUT2D eigenvalue weighted by Crippen LogP contribution is -2.57. The van der Waals surface area contributed by atoms with Gasteiger partial charge in [0.05, 0.1) is 6.42 Å². The number of carbonyl (C=O) groups excluding carboxylic acids is 2. The minimum atomic E-state index is -1.07. The predicted molar refractivity (Wildman–Crippen MR) is 114 cm³/mol. The zero-order chi connectivity index (χ0) is 19.4. The van der Waals surface area contributed by atoms with E-state index < -0.39 is 5.54 Å². The Kier molecular flexibility index (Phi) is 7.47. The summed E-state index contributed by atoms with van der Waals surface area (Å²) in [5, 5.41) is 0.654. The van der Waals surface area contributed by atoms with Gasteiger partial charge in [0, 0.05) is 31.2 Å². The first-order valence-electron chi connectivity index (χ1n) is 9.04. The van der Waals surface area contributed by atoms with Crippen LogP contribution in [0.15, 0.2) is 54.6 Å². The van der Waals surface area contributed by atoms with E-state index >= 15 is 0 Å². The molecule has 0 aromatic heterocycles. The third kappa shape index (κ3) is 5.04. The van der Waals surface area contributed by atoms with Crippen molar-refractivity contribution >= 4 is 35.8 Å². The van der Waals surface area contributed by atoms with Crippen molar-refractivity contribution in [2.45, 2.75) is 18.9 Å². The fourth-order valence-corrected chi connectivity index (χ4v) is 3.41. The summed E-state index contributed by atoms with van der Waals surface area (Å²) in [5.74, 6) is -0.0542. The molecule has 2 amide bonds. The maximum Gasteiger partial charge on any atom is 0.247 e. The molecule has 1 heterocycles. The molecule has 1 saturated heterocycles. The molecular formula is C21H25Cl2N3O2. The van der Waals surface area contributed by atoms with Crippen LogP contribution in [0.3, 0.4) is 0 Å². The van der Waals surface area contributed by atoms with Gasteiger partial charge in [0.1, 0.15) is 5.54 Å². The monoisotopic (exact) mass is 421 g/mol. The molecule has 1 unspecified atom stereocenters. The first-order valence-corrected chi connectivity index (χ1v) is 9.42. The summed E-state index contributed by atoms with van der Waals surface area (Å²) in [6, 6.07) is 16.7. The van der Waals surface area contributed by atoms with Gasteiger partial charge in [0.2, 0.25) is 11.8 Å². The van der Waals surface area contributed by atoms with Crippen molar-refractivity contribution in [1.29, 1.82) is 0 Å². The molecule has 0 radical (unpaired) electrons. The standard InChI is InChI=1S/C21H24ClN3O2.ClH/c1-21(23,17-5-3-2-4-6-17)20(27)25-13-11-24(12-14-25)19(26)15-16-7-9-18(22)10-8-16;/h2-10H,11-15,23H2,1H3;1H. The number of hydrogen-bond donors (Lipinski definition) is 1. The molecule has 7 heteroatoms. The van der Waals surface area contributed by atoms with Gasteiger partial charge in [-0.1, -0.05) is 54.1 Å². The molecule has 28 heavy (non-hydrogen) atoms. The molecule has 0 saturated carbocycles. The predicted octanol–water partition coefficient (Wildman–Crippen LogP) is 2.85. The maximum atomic E-state index is 12.9. The van der Waals surface area contributed by atoms with Crippen molar-refractivity contribution in [3.05, 3.63) is 70.7 Å². The van der Waals surface area contributed by atoms with E-state index in [-0.39, 0.29) is 24.2 Å². The Labute approximate surface area is 176 Å². The van der Waals surface area contributed by atoms with Crippen molar-refractivity contribution in [2.24, 2.45) is 5.73 Å². The fraction of sp³-hybridized carbons (Fsp3) is 0.333. The summed E-state index contributed by atoms with van der Waals surface area (Å²) in [6.45, 7) is 3.75. The topological polar surface area (TPSA) is 66.6 Å². The summed E-state index contributed by atoms with van der Waals surface area (Å²) < 4.78 is 0. The Morgan fingerprint density at radius 1 is 0.964 bits per heavy atom. The van der Waals surface area contributed by atoms with E-state index in [1.807, 2.05) is 42.5 Å². The van der Waals surface area contributed by atoms with E-state index in [1.165, 1.54) is 0 Å². The molecule has 150 valence electrons. The summed E-state index contributed by atoms with van der Waals surface area (Å²) in [6.07, 6.45) is 0.337. The molecule has 5 nitrogen and oxygen atoms in total. The molecule has 0 spiro atoms. The van der Waals surface area contributed by atoms with Crippen molar-refractivity contribution in [3.63, 3.8) is 0 Å². The third-order valence-electron chi connectivity index (χ3n) is 5.01. The highest BCUT2D eigenvalue weighted by Crippen LogP contribution is 2.21. The van der Waals surface area contributed by atoms with Gasteiger partial charge in [-0.15, -0.1) is 12.4 Å². The minimum absolute atomic E-state index is 0. The number of hydrogen-bond acceptors (Lipinski definition) is 3. The van der Waals surface area contributed by atoms with Crippen LogP contribution in [-0.4, -0.2) is 47.8 Å². The van der Waals surface area contributed by atoms with Gasteiger partial charge in [0.25, 0.3) is 0 Å². The second-order valence-electron chi connectivity index (χ2n) is 7.04. The second kappa shape index (κ2) is 9.41. The lowest BCUT2D eigenvalue weighted by atomic mass is 9.91. The highest BCUT2D eigenvalue weighted by Gasteiger charge is 2.36. The van der Waals surface area contributed by atoms with Gasteiger partial charge in [-0.3, -0.25) is 9.59 Å². The van der Waals surface area contributed by atoms with Crippen molar-refractivity contribution < 1.29 is 9.59 Å². The first kappa shape index (κ1) is 22.2. The van der Waals surface area contributed by atoms with Crippen LogP contribution in [0.4, 0.5) is 0 Å². The summed E-state index contributed by atoms with van der Waals surface area (Å²) in [4.78, 5) is 29.0. The first-order chi connectivity index (χ1) is 12.9. The van der Waals surface area contributed by atoms with Crippen molar-refractivity contribution in [2.75, 3.05) is 26.2 Å². The lowest BCUT2D eigenvalue weighted by molar-refractivity contribution is -0.142. The number of amides is 2. The number of carbonyl (C=O) groups is 2. The van der Waals surface area contributed by atoms with E-state index in [2.05, 4.69) is 0 Å². The molecule has 1 fully saturated rings. The number of piperazine rings is 1. The van der Waals surface area contributed by atoms with E-state index in [0.29, 0.717) is 37.6 Å². The summed E-state index contributed by atoms with van der Waals surface area (Å²) in [7, 11) is 0. The zero-order valence-corrected chi connectivity index (χ0v) is 17.4. The molecule has 2 aromatic carbocycles. The molecule has 2 aromatic rings. The lowest BCUT2D eigenvalue weighted by Gasteiger charge is -2.38. The Balaban J connectivity index is 0.00000280. The SMILES string of the molecule is CC(N)(C(=O)N1CCN(C(=O)Cc2ccc(Cl)cc2)CC1)c1ccccc1.Cl. The molecular weight excluding hydrogens is 397 g/mol. The third-order valence-corrected chi connectivity index (χ3v) is 5.26. The maximum absolute atomic E-state index is 12.9. The van der Waals surface area contributed by atoms with Crippen LogP contribution in [-0.2, 0) is 21.5 Å². The Morgan fingerprint density at radius 3 is 2.07 bits per heavy atom. The van der Waals surface area contributed by atoms with Gasteiger partial charge >= 0.3 is 0 Å². The van der Waals surface area contributed by atoms with Crippen LogP contribution < -0.4 is 5.73 Å². The Morgan fingerprint density at radius 2 is 1.50 bits per heavy atom. The number of nitrogens with two attached hydrogens (primary N) is 1. The normalized spacial score (nSPS) is 16.1. The minimum Gasteiger partial charge on any atom is -0.339 e. The number of benzene rings is 2. The Bertz CT molecular complexity index is 802. The highest BCUT2D eigenvalue weighted by molar-refractivity contribution is 6.30. The van der Waals surface area contributed by atoms with Crippen molar-refractivity contribution in [1.82, 2.24) is 9.80 Å². The van der Waals surface area contributed by atoms with Gasteiger partial charge in [-0.05, 0) is 30.2 Å². The highest BCUT2D eigenvalue weighted by atomic mass is 35.5. The molecule has 0 bridgehead atoms. The van der Waals surface area contributed by atoms with Crippen LogP contribution in [0.5, 0.6) is 0 Å².